The van der Waals surface area contributed by atoms with Gasteiger partial charge in [-0.2, -0.15) is 0 Å². The molecule has 0 heterocycles. The zero-order valence-corrected chi connectivity index (χ0v) is 16.8. The summed E-state index contributed by atoms with van der Waals surface area (Å²) in [4.78, 5) is 18.0. The van der Waals surface area contributed by atoms with Crippen LogP contribution in [0.4, 0.5) is 0 Å². The molecular weight excluding hydrogens is 394 g/mol. The van der Waals surface area contributed by atoms with Crippen molar-refractivity contribution >= 4 is 32.7 Å². The smallest absolute Gasteiger partial charge is 0.497 e. The van der Waals surface area contributed by atoms with Crippen molar-refractivity contribution < 1.29 is 23.6 Å². The highest BCUT2D eigenvalue weighted by Crippen LogP contribution is 2.39. The maximum Gasteiger partial charge on any atom is 0.540 e. The van der Waals surface area contributed by atoms with Gasteiger partial charge in [-0.1, -0.05) is 16.9 Å². The molecule has 0 aliphatic heterocycles. The monoisotopic (exact) mass is 413 g/mol. The third-order valence-electron chi connectivity index (χ3n) is 3.22. The zero-order valence-electron chi connectivity index (χ0n) is 14.2. The molecule has 0 bridgehead atoms. The number of hydrogen-bond donors (Lipinski definition) is 2. The number of methoxy groups -OCH3 is 1. The second-order valence-corrected chi connectivity index (χ2v) is 9.12. The summed E-state index contributed by atoms with van der Waals surface area (Å²) in [7, 11) is -2.17. The summed E-state index contributed by atoms with van der Waals surface area (Å²) in [5.74, 6) is 1.29. The fourth-order valence-corrected chi connectivity index (χ4v) is 3.55. The first-order valence-electron chi connectivity index (χ1n) is 7.47. The van der Waals surface area contributed by atoms with Crippen molar-refractivity contribution in [2.24, 2.45) is 5.10 Å². The summed E-state index contributed by atoms with van der Waals surface area (Å²) in [5.41, 5.74) is 1.43. The molecule has 26 heavy (non-hydrogen) atoms. The van der Waals surface area contributed by atoms with Gasteiger partial charge in [0.2, 0.25) is 11.8 Å². The van der Waals surface area contributed by atoms with Crippen molar-refractivity contribution in [2.45, 2.75) is 6.16 Å². The maximum atomic E-state index is 11.0. The molecule has 0 saturated heterocycles. The number of ether oxygens (including phenoxy) is 1. The molecule has 1 atom stereocenters. The van der Waals surface area contributed by atoms with Crippen LogP contribution in [0.25, 0.3) is 0 Å². The number of nitrogens with zero attached hydrogens (tertiary/aromatic N) is 2. The van der Waals surface area contributed by atoms with E-state index < -0.39 is 14.7 Å². The second kappa shape index (κ2) is 9.21. The minimum atomic E-state index is -4.08. The fraction of sp³-hybridized carbons (Fsp3) is 0.188. The van der Waals surface area contributed by atoms with Crippen LogP contribution in [-0.2, 0) is 22.5 Å². The van der Waals surface area contributed by atoms with E-state index in [4.69, 9.17) is 30.9 Å². The van der Waals surface area contributed by atoms with Crippen LogP contribution < -0.4 is 9.26 Å². The van der Waals surface area contributed by atoms with Gasteiger partial charge >= 0.3 is 14.7 Å². The quantitative estimate of drug-likeness (QED) is 0.389. The first kappa shape index (κ1) is 20.5. The molecule has 2 N–H and O–H groups in total. The van der Waals surface area contributed by atoms with Crippen molar-refractivity contribution in [3.8, 4) is 11.5 Å². The van der Waals surface area contributed by atoms with Gasteiger partial charge in [0.1, 0.15) is 5.75 Å². The normalized spacial score (nSPS) is 12.1. The van der Waals surface area contributed by atoms with Crippen LogP contribution in [0, 0.1) is 0 Å². The minimum absolute atomic E-state index is 0.304. The van der Waals surface area contributed by atoms with Crippen LogP contribution in [0.5, 0.6) is 11.5 Å². The van der Waals surface area contributed by atoms with E-state index in [-0.39, 0.29) is 6.16 Å². The molecule has 138 valence electrons. The Bertz CT molecular complexity index is 822. The van der Waals surface area contributed by atoms with E-state index in [1.165, 1.54) is 0 Å². The van der Waals surface area contributed by atoms with Crippen molar-refractivity contribution in [1.82, 2.24) is 4.78 Å². The number of rotatable bonds is 8. The molecular formula is C16H19N2O5P2S+. The standard InChI is InChI=1S/C16H18N2O5P2S/c1-18(17-11-13-3-7-15(22-2)8-4-13)24(26)23-16-9-5-14(6-10-16)12-25(19,20)21/h3-11H,12H2,1-2H3,(H-,19,20,21)/p+1/b17-11+. The van der Waals surface area contributed by atoms with Crippen molar-refractivity contribution in [3.05, 3.63) is 59.7 Å². The Morgan fingerprint density at radius 3 is 2.27 bits per heavy atom. The van der Waals surface area contributed by atoms with E-state index in [1.54, 1.807) is 49.4 Å². The summed E-state index contributed by atoms with van der Waals surface area (Å²) < 4.78 is 23.3. The average molecular weight is 413 g/mol. The first-order chi connectivity index (χ1) is 12.3. The third-order valence-corrected chi connectivity index (χ3v) is 5.87. The molecule has 1 unspecified atom stereocenters. The lowest BCUT2D eigenvalue weighted by Gasteiger charge is -2.05. The minimum Gasteiger partial charge on any atom is -0.497 e. The van der Waals surface area contributed by atoms with Gasteiger partial charge in [-0.25, -0.2) is 0 Å². The van der Waals surface area contributed by atoms with Gasteiger partial charge in [-0.05, 0) is 47.5 Å². The lowest BCUT2D eigenvalue weighted by molar-refractivity contribution is 0.371. The topological polar surface area (TPSA) is 91.6 Å². The maximum absolute atomic E-state index is 11.0. The second-order valence-electron chi connectivity index (χ2n) is 5.30. The fourth-order valence-electron chi connectivity index (χ4n) is 1.93. The molecule has 0 radical (unpaired) electrons. The Hall–Kier alpha value is -1.82. The lowest BCUT2D eigenvalue weighted by Crippen LogP contribution is -2.03. The first-order valence-corrected chi connectivity index (χ1v) is 11.5. The van der Waals surface area contributed by atoms with Gasteiger partial charge in [0.25, 0.3) is 0 Å². The molecule has 0 fully saturated rings. The van der Waals surface area contributed by atoms with E-state index in [2.05, 4.69) is 5.10 Å². The Balaban J connectivity index is 1.93. The zero-order chi connectivity index (χ0) is 19.2. The summed E-state index contributed by atoms with van der Waals surface area (Å²) in [6, 6.07) is 13.9. The molecule has 0 aliphatic carbocycles. The van der Waals surface area contributed by atoms with Crippen LogP contribution >= 0.6 is 14.7 Å². The summed E-state index contributed by atoms with van der Waals surface area (Å²) in [5, 5.41) is 4.28. The molecule has 7 nitrogen and oxygen atoms in total. The molecule has 0 saturated carbocycles. The number of hydrazone groups is 1. The van der Waals surface area contributed by atoms with E-state index >= 15 is 0 Å². The van der Waals surface area contributed by atoms with Crippen LogP contribution in [-0.4, -0.2) is 34.9 Å². The molecule has 0 spiro atoms. The van der Waals surface area contributed by atoms with Gasteiger partial charge < -0.3 is 14.5 Å². The summed E-state index contributed by atoms with van der Waals surface area (Å²) in [6.45, 7) is 0. The van der Waals surface area contributed by atoms with Crippen LogP contribution in [0.15, 0.2) is 53.6 Å². The van der Waals surface area contributed by atoms with Gasteiger partial charge in [0, 0.05) is 0 Å². The third kappa shape index (κ3) is 6.83. The largest absolute Gasteiger partial charge is 0.540 e. The Morgan fingerprint density at radius 2 is 1.73 bits per heavy atom. The molecule has 10 heteroatoms. The molecule has 0 aromatic heterocycles. The van der Waals surface area contributed by atoms with Crippen LogP contribution in [0.2, 0.25) is 0 Å². The van der Waals surface area contributed by atoms with Crippen molar-refractivity contribution in [1.29, 1.82) is 0 Å². The van der Waals surface area contributed by atoms with Gasteiger partial charge in [-0.3, -0.25) is 9.09 Å². The van der Waals surface area contributed by atoms with E-state index in [1.807, 2.05) is 24.3 Å². The number of benzene rings is 2. The van der Waals surface area contributed by atoms with E-state index in [0.29, 0.717) is 11.3 Å². The highest BCUT2D eigenvalue weighted by Gasteiger charge is 2.20. The lowest BCUT2D eigenvalue weighted by atomic mass is 10.2. The number of hydrogen-bond acceptors (Lipinski definition) is 5. The van der Waals surface area contributed by atoms with Gasteiger partial charge in [0.05, 0.1) is 26.5 Å². The summed E-state index contributed by atoms with van der Waals surface area (Å²) >= 11 is 5.33. The van der Waals surface area contributed by atoms with Gasteiger partial charge in [-0.15, -0.1) is 5.10 Å². The van der Waals surface area contributed by atoms with Crippen molar-refractivity contribution in [3.63, 3.8) is 0 Å². The Labute approximate surface area is 158 Å². The van der Waals surface area contributed by atoms with E-state index in [0.717, 1.165) is 11.3 Å². The molecule has 0 aliphatic rings. The molecule has 2 aromatic rings. The van der Waals surface area contributed by atoms with Crippen LogP contribution in [0.3, 0.4) is 0 Å². The summed E-state index contributed by atoms with van der Waals surface area (Å²) in [6.07, 6.45) is 1.37. The molecule has 0 amide bonds. The molecule has 2 rings (SSSR count). The van der Waals surface area contributed by atoms with Gasteiger partial charge in [0.15, 0.2) is 5.75 Å². The van der Waals surface area contributed by atoms with Crippen molar-refractivity contribution in [2.75, 3.05) is 14.2 Å². The highest BCUT2D eigenvalue weighted by atomic mass is 32.4. The predicted octanol–water partition coefficient (Wildman–Crippen LogP) is 3.49. The Morgan fingerprint density at radius 1 is 1.15 bits per heavy atom. The average Bonchev–Trinajstić information content (AvgIpc) is 2.60. The molecule has 2 aromatic carbocycles. The Kier molecular flexibility index (Phi) is 7.26. The van der Waals surface area contributed by atoms with Crippen LogP contribution in [0.1, 0.15) is 11.1 Å². The highest BCUT2D eigenvalue weighted by molar-refractivity contribution is 8.02. The van der Waals surface area contributed by atoms with E-state index in [9.17, 15) is 4.57 Å². The SMILES string of the molecule is COc1ccc(/C=N/N(C)[P+](=S)Oc2ccc(CP(=O)(O)O)cc2)cc1. The predicted molar refractivity (Wildman–Crippen MR) is 105 cm³/mol.